The summed E-state index contributed by atoms with van der Waals surface area (Å²) in [4.78, 5) is 22.9. The number of nitro groups is 1. The predicted octanol–water partition coefficient (Wildman–Crippen LogP) is 0.394. The van der Waals surface area contributed by atoms with Crippen molar-refractivity contribution in [1.29, 1.82) is 0 Å². The summed E-state index contributed by atoms with van der Waals surface area (Å²) in [5, 5.41) is 27.5. The molecule has 0 saturated carbocycles. The molecule has 0 amide bonds. The number of pyridine rings is 1. The number of aromatic hydroxyl groups is 1. The van der Waals surface area contributed by atoms with Crippen LogP contribution in [0.25, 0.3) is 0 Å². The summed E-state index contributed by atoms with van der Waals surface area (Å²) in [6, 6.07) is 0.692. The largest absolute Gasteiger partial charge is 0.501 e. The van der Waals surface area contributed by atoms with Crippen LogP contribution in [0.5, 0.6) is 5.75 Å². The third-order valence-electron chi connectivity index (χ3n) is 1.28. The maximum Gasteiger partial charge on any atom is 0.354 e. The molecule has 0 fully saturated rings. The minimum absolute atomic E-state index is 0.482. The summed E-state index contributed by atoms with van der Waals surface area (Å²) in [6.07, 6.45) is 0.724. The molecule has 1 heterocycles. The lowest BCUT2D eigenvalue weighted by Gasteiger charge is -1.95. The van der Waals surface area contributed by atoms with Crippen molar-refractivity contribution in [1.82, 2.24) is 4.98 Å². The van der Waals surface area contributed by atoms with Gasteiger partial charge in [-0.05, 0) is 0 Å². The number of carbonyl (C=O) groups is 1. The molecular weight excluding hydrogens is 180 g/mol. The van der Waals surface area contributed by atoms with Gasteiger partial charge in [-0.25, -0.2) is 9.78 Å². The van der Waals surface area contributed by atoms with E-state index < -0.39 is 28.0 Å². The summed E-state index contributed by atoms with van der Waals surface area (Å²) < 4.78 is 0. The van der Waals surface area contributed by atoms with Gasteiger partial charge in [-0.3, -0.25) is 10.1 Å². The topological polar surface area (TPSA) is 114 Å². The minimum Gasteiger partial charge on any atom is -0.501 e. The number of aromatic carboxylic acids is 1. The van der Waals surface area contributed by atoms with E-state index in [-0.39, 0.29) is 0 Å². The summed E-state index contributed by atoms with van der Waals surface area (Å²) in [6.45, 7) is 0. The van der Waals surface area contributed by atoms with Gasteiger partial charge in [0.05, 0.1) is 17.2 Å². The van der Waals surface area contributed by atoms with Crippen LogP contribution in [0.1, 0.15) is 10.5 Å². The fraction of sp³-hybridized carbons (Fsp3) is 0. The molecule has 7 nitrogen and oxygen atoms in total. The molecule has 0 aliphatic rings. The molecule has 0 aliphatic carbocycles. The first-order valence-corrected chi connectivity index (χ1v) is 3.09. The minimum atomic E-state index is -1.39. The van der Waals surface area contributed by atoms with Crippen LogP contribution in [0, 0.1) is 10.1 Å². The third-order valence-corrected chi connectivity index (χ3v) is 1.28. The Labute approximate surface area is 71.4 Å². The van der Waals surface area contributed by atoms with Gasteiger partial charge in [0.1, 0.15) is 0 Å². The number of rotatable bonds is 2. The van der Waals surface area contributed by atoms with Gasteiger partial charge in [-0.1, -0.05) is 0 Å². The molecule has 0 unspecified atom stereocenters. The van der Waals surface area contributed by atoms with E-state index in [1.165, 1.54) is 0 Å². The van der Waals surface area contributed by atoms with Crippen LogP contribution in [-0.4, -0.2) is 26.1 Å². The van der Waals surface area contributed by atoms with E-state index in [0.717, 1.165) is 6.20 Å². The fourth-order valence-corrected chi connectivity index (χ4v) is 0.701. The lowest BCUT2D eigenvalue weighted by atomic mass is 10.3. The van der Waals surface area contributed by atoms with Crippen molar-refractivity contribution in [2.75, 3.05) is 0 Å². The van der Waals surface area contributed by atoms with Crippen molar-refractivity contribution < 1.29 is 19.9 Å². The van der Waals surface area contributed by atoms with E-state index in [0.29, 0.717) is 6.07 Å². The number of hydrogen-bond donors (Lipinski definition) is 2. The predicted molar refractivity (Wildman–Crippen MR) is 39.5 cm³/mol. The first kappa shape index (κ1) is 8.91. The van der Waals surface area contributed by atoms with Crippen molar-refractivity contribution in [3.05, 3.63) is 28.1 Å². The second kappa shape index (κ2) is 3.05. The summed E-state index contributed by atoms with van der Waals surface area (Å²) in [5.74, 6) is -2.04. The normalized spacial score (nSPS) is 9.54. The number of hydrogen-bond acceptors (Lipinski definition) is 5. The average Bonchev–Trinajstić information content (AvgIpc) is 2.04. The van der Waals surface area contributed by atoms with E-state index in [4.69, 9.17) is 10.2 Å². The lowest BCUT2D eigenvalue weighted by molar-refractivity contribution is -0.386. The Morgan fingerprint density at radius 2 is 2.23 bits per heavy atom. The average molecular weight is 184 g/mol. The molecule has 1 rings (SSSR count). The highest BCUT2D eigenvalue weighted by Crippen LogP contribution is 2.24. The van der Waals surface area contributed by atoms with Crippen LogP contribution in [0.4, 0.5) is 5.69 Å². The van der Waals surface area contributed by atoms with Gasteiger partial charge in [0.2, 0.25) is 5.75 Å². The van der Waals surface area contributed by atoms with Crippen LogP contribution in [0.3, 0.4) is 0 Å². The van der Waals surface area contributed by atoms with Crippen LogP contribution >= 0.6 is 0 Å². The molecule has 0 saturated heterocycles. The monoisotopic (exact) mass is 184 g/mol. The Balaban J connectivity index is 3.27. The summed E-state index contributed by atoms with van der Waals surface area (Å²) in [5.41, 5.74) is -1.16. The second-order valence-corrected chi connectivity index (χ2v) is 2.12. The van der Waals surface area contributed by atoms with Gasteiger partial charge in [0.15, 0.2) is 5.69 Å². The molecule has 1 aromatic rings. The zero-order chi connectivity index (χ0) is 10.0. The number of aromatic nitrogens is 1. The van der Waals surface area contributed by atoms with Crippen LogP contribution in [0.15, 0.2) is 12.3 Å². The van der Waals surface area contributed by atoms with E-state index in [9.17, 15) is 14.9 Å². The van der Waals surface area contributed by atoms with E-state index >= 15 is 0 Å². The van der Waals surface area contributed by atoms with Crippen molar-refractivity contribution in [2.24, 2.45) is 0 Å². The summed E-state index contributed by atoms with van der Waals surface area (Å²) >= 11 is 0. The second-order valence-electron chi connectivity index (χ2n) is 2.12. The molecule has 0 aromatic carbocycles. The van der Waals surface area contributed by atoms with Crippen LogP contribution in [-0.2, 0) is 0 Å². The van der Waals surface area contributed by atoms with Gasteiger partial charge < -0.3 is 10.2 Å². The molecule has 0 radical (unpaired) electrons. The zero-order valence-corrected chi connectivity index (χ0v) is 6.17. The van der Waals surface area contributed by atoms with Crippen molar-refractivity contribution in [3.8, 4) is 5.75 Å². The van der Waals surface area contributed by atoms with Crippen molar-refractivity contribution >= 4 is 11.7 Å². The number of carboxylic acids is 1. The summed E-state index contributed by atoms with van der Waals surface area (Å²) in [7, 11) is 0. The Hall–Kier alpha value is -2.18. The highest BCUT2D eigenvalue weighted by atomic mass is 16.6. The molecule has 2 N–H and O–H groups in total. The van der Waals surface area contributed by atoms with Crippen LogP contribution in [0.2, 0.25) is 0 Å². The third kappa shape index (κ3) is 1.70. The Bertz CT molecular complexity index is 375. The first-order chi connectivity index (χ1) is 6.02. The first-order valence-electron chi connectivity index (χ1n) is 3.09. The molecule has 13 heavy (non-hydrogen) atoms. The van der Waals surface area contributed by atoms with Crippen molar-refractivity contribution in [2.45, 2.75) is 0 Å². The molecule has 1 aromatic heterocycles. The maximum absolute atomic E-state index is 10.3. The van der Waals surface area contributed by atoms with Crippen LogP contribution < -0.4 is 0 Å². The quantitative estimate of drug-likeness (QED) is 0.507. The Morgan fingerprint density at radius 3 is 2.69 bits per heavy atom. The Morgan fingerprint density at radius 1 is 1.62 bits per heavy atom. The van der Waals surface area contributed by atoms with Gasteiger partial charge in [-0.15, -0.1) is 0 Å². The highest BCUT2D eigenvalue weighted by molar-refractivity contribution is 5.86. The van der Waals surface area contributed by atoms with E-state index in [2.05, 4.69) is 4.98 Å². The Kier molecular flexibility index (Phi) is 2.09. The number of carboxylic acid groups (broad SMARTS) is 1. The number of nitrogens with zero attached hydrogens (tertiary/aromatic N) is 2. The van der Waals surface area contributed by atoms with Gasteiger partial charge >= 0.3 is 11.7 Å². The molecule has 68 valence electrons. The fourth-order valence-electron chi connectivity index (χ4n) is 0.701. The highest BCUT2D eigenvalue weighted by Gasteiger charge is 2.17. The lowest BCUT2D eigenvalue weighted by Crippen LogP contribution is -2.01. The zero-order valence-electron chi connectivity index (χ0n) is 6.17. The SMILES string of the molecule is O=C(O)c1cc([N+](=O)[O-])c(O)cn1. The van der Waals surface area contributed by atoms with Gasteiger partial charge in [-0.2, -0.15) is 0 Å². The molecular formula is C6H4N2O5. The van der Waals surface area contributed by atoms with Gasteiger partial charge in [0, 0.05) is 0 Å². The molecule has 7 heteroatoms. The smallest absolute Gasteiger partial charge is 0.354 e. The standard InChI is InChI=1S/C6H4N2O5/c9-5-2-7-3(6(10)11)1-4(5)8(12)13/h1-2,9H,(H,10,11). The maximum atomic E-state index is 10.3. The van der Waals surface area contributed by atoms with E-state index in [1.807, 2.05) is 0 Å². The molecule has 0 spiro atoms. The van der Waals surface area contributed by atoms with Crippen molar-refractivity contribution in [3.63, 3.8) is 0 Å². The van der Waals surface area contributed by atoms with Gasteiger partial charge in [0.25, 0.3) is 0 Å². The molecule has 0 atom stereocenters. The molecule has 0 bridgehead atoms. The van der Waals surface area contributed by atoms with E-state index in [1.54, 1.807) is 0 Å². The molecule has 0 aliphatic heterocycles.